The highest BCUT2D eigenvalue weighted by molar-refractivity contribution is 7.71. The van der Waals surface area contributed by atoms with Crippen LogP contribution in [0.2, 0.25) is 0 Å². The predicted molar refractivity (Wildman–Crippen MR) is 121 cm³/mol. The molecule has 0 aliphatic rings. The third kappa shape index (κ3) is 4.42. The summed E-state index contributed by atoms with van der Waals surface area (Å²) >= 11 is 6.93. The van der Waals surface area contributed by atoms with Crippen LogP contribution in [0.1, 0.15) is 31.6 Å². The van der Waals surface area contributed by atoms with Crippen molar-refractivity contribution in [1.29, 1.82) is 0 Å². The van der Waals surface area contributed by atoms with E-state index in [4.69, 9.17) is 12.2 Å². The third-order valence-corrected chi connectivity index (χ3v) is 5.99. The van der Waals surface area contributed by atoms with Gasteiger partial charge in [-0.2, -0.15) is 5.10 Å². The van der Waals surface area contributed by atoms with Gasteiger partial charge in [-0.25, -0.2) is 4.98 Å². The number of carbonyl (C=O) groups is 1. The fourth-order valence-electron chi connectivity index (χ4n) is 3.24. The second kappa shape index (κ2) is 9.19. The topological polar surface area (TPSA) is 91.4 Å². The molecule has 0 aliphatic heterocycles. The minimum absolute atomic E-state index is 0.0558. The standard InChI is InChI=1S/C21H22N6OS2/c1-2-15(19-22-13-16(24-19)14-7-4-3-5-8-14)23-18(28)10-11-27-20(25-26-21(27)29)17-9-6-12-30-17/h3-9,12-13,15H,2,10-11H2,1H3,(H,22,24)(H,23,28)(H,26,29). The number of hydrogen-bond acceptors (Lipinski definition) is 5. The molecule has 0 bridgehead atoms. The zero-order valence-electron chi connectivity index (χ0n) is 16.5. The van der Waals surface area contributed by atoms with Gasteiger partial charge in [0.2, 0.25) is 5.91 Å². The SMILES string of the molecule is CCC(NC(=O)CCn1c(-c2cccs2)n[nH]c1=S)c1ncc(-c2ccccc2)[nH]1. The maximum Gasteiger partial charge on any atom is 0.222 e. The lowest BCUT2D eigenvalue weighted by Crippen LogP contribution is -2.29. The first-order chi connectivity index (χ1) is 14.7. The molecule has 4 rings (SSSR count). The Balaban J connectivity index is 1.41. The lowest BCUT2D eigenvalue weighted by atomic mass is 10.2. The van der Waals surface area contributed by atoms with Gasteiger partial charge in [-0.1, -0.05) is 43.3 Å². The average Bonchev–Trinajstić information content (AvgIpc) is 3.52. The molecule has 0 saturated heterocycles. The number of amides is 1. The molecule has 9 heteroatoms. The molecule has 1 unspecified atom stereocenters. The van der Waals surface area contributed by atoms with E-state index in [1.807, 2.05) is 59.3 Å². The molecule has 3 aromatic heterocycles. The van der Waals surface area contributed by atoms with E-state index in [0.29, 0.717) is 17.7 Å². The van der Waals surface area contributed by atoms with Crippen LogP contribution in [0.3, 0.4) is 0 Å². The molecule has 0 saturated carbocycles. The van der Waals surface area contributed by atoms with Crippen molar-refractivity contribution < 1.29 is 4.79 Å². The summed E-state index contributed by atoms with van der Waals surface area (Å²) in [5, 5.41) is 12.2. The number of hydrogen-bond donors (Lipinski definition) is 3. The van der Waals surface area contributed by atoms with Gasteiger partial charge in [-0.05, 0) is 35.6 Å². The fourth-order valence-corrected chi connectivity index (χ4v) is 4.19. The Morgan fingerprint density at radius 3 is 2.83 bits per heavy atom. The first kappa shape index (κ1) is 20.2. The zero-order chi connectivity index (χ0) is 20.9. The molecule has 0 fully saturated rings. The summed E-state index contributed by atoms with van der Waals surface area (Å²) in [6.45, 7) is 2.48. The molecular weight excluding hydrogens is 416 g/mol. The molecule has 1 aromatic carbocycles. The fraction of sp³-hybridized carbons (Fsp3) is 0.238. The van der Waals surface area contributed by atoms with E-state index >= 15 is 0 Å². The van der Waals surface area contributed by atoms with Gasteiger partial charge in [0, 0.05) is 13.0 Å². The van der Waals surface area contributed by atoms with Crippen LogP contribution in [0.5, 0.6) is 0 Å². The Kier molecular flexibility index (Phi) is 6.20. The highest BCUT2D eigenvalue weighted by Crippen LogP contribution is 2.23. The quantitative estimate of drug-likeness (QED) is 0.347. The Hall–Kier alpha value is -3.04. The number of aromatic amines is 2. The van der Waals surface area contributed by atoms with Gasteiger partial charge in [0.25, 0.3) is 0 Å². The molecule has 3 N–H and O–H groups in total. The van der Waals surface area contributed by atoms with Crippen LogP contribution in [0.25, 0.3) is 22.0 Å². The van der Waals surface area contributed by atoms with E-state index in [0.717, 1.165) is 34.2 Å². The number of nitrogens with zero attached hydrogens (tertiary/aromatic N) is 3. The summed E-state index contributed by atoms with van der Waals surface area (Å²) < 4.78 is 2.37. The Morgan fingerprint density at radius 1 is 1.27 bits per heavy atom. The number of carbonyl (C=O) groups excluding carboxylic acids is 1. The molecule has 7 nitrogen and oxygen atoms in total. The van der Waals surface area contributed by atoms with E-state index in [9.17, 15) is 4.79 Å². The van der Waals surface area contributed by atoms with Gasteiger partial charge in [0.1, 0.15) is 5.82 Å². The Bertz CT molecular complexity index is 1160. The number of rotatable bonds is 8. The highest BCUT2D eigenvalue weighted by atomic mass is 32.1. The molecule has 154 valence electrons. The van der Waals surface area contributed by atoms with Crippen LogP contribution in [-0.2, 0) is 11.3 Å². The Morgan fingerprint density at radius 2 is 2.10 bits per heavy atom. The number of nitrogens with one attached hydrogen (secondary N) is 3. The average molecular weight is 439 g/mol. The number of thiophene rings is 1. The van der Waals surface area contributed by atoms with Crippen LogP contribution in [0.4, 0.5) is 0 Å². The van der Waals surface area contributed by atoms with Crippen molar-refractivity contribution in [3.63, 3.8) is 0 Å². The lowest BCUT2D eigenvalue weighted by molar-refractivity contribution is -0.122. The number of benzene rings is 1. The van der Waals surface area contributed by atoms with Gasteiger partial charge in [0.05, 0.1) is 22.8 Å². The molecule has 1 atom stereocenters. The molecule has 3 heterocycles. The van der Waals surface area contributed by atoms with Crippen molar-refractivity contribution in [2.75, 3.05) is 0 Å². The van der Waals surface area contributed by atoms with Crippen LogP contribution in [-0.4, -0.2) is 30.6 Å². The van der Waals surface area contributed by atoms with E-state index in [-0.39, 0.29) is 11.9 Å². The summed E-state index contributed by atoms with van der Waals surface area (Å²) in [6.07, 6.45) is 2.84. The molecule has 0 aliphatic carbocycles. The number of H-pyrrole nitrogens is 2. The summed E-state index contributed by atoms with van der Waals surface area (Å²) in [6, 6.07) is 13.8. The predicted octanol–water partition coefficient (Wildman–Crippen LogP) is 4.72. The largest absolute Gasteiger partial charge is 0.346 e. The second-order valence-corrected chi connectivity index (χ2v) is 8.14. The van der Waals surface area contributed by atoms with E-state index in [1.165, 1.54) is 0 Å². The van der Waals surface area contributed by atoms with Crippen molar-refractivity contribution in [1.82, 2.24) is 30.0 Å². The van der Waals surface area contributed by atoms with Crippen molar-refractivity contribution in [2.45, 2.75) is 32.4 Å². The summed E-state index contributed by atoms with van der Waals surface area (Å²) in [7, 11) is 0. The molecule has 30 heavy (non-hydrogen) atoms. The molecule has 1 amide bonds. The van der Waals surface area contributed by atoms with Gasteiger partial charge in [0.15, 0.2) is 10.6 Å². The highest BCUT2D eigenvalue weighted by Gasteiger charge is 2.17. The second-order valence-electron chi connectivity index (χ2n) is 6.81. The summed E-state index contributed by atoms with van der Waals surface area (Å²) in [5.41, 5.74) is 2.00. The van der Waals surface area contributed by atoms with Crippen molar-refractivity contribution in [2.24, 2.45) is 0 Å². The maximum atomic E-state index is 12.6. The molecular formula is C21H22N6OS2. The zero-order valence-corrected chi connectivity index (χ0v) is 18.1. The van der Waals surface area contributed by atoms with Gasteiger partial charge >= 0.3 is 0 Å². The lowest BCUT2D eigenvalue weighted by Gasteiger charge is -2.15. The summed E-state index contributed by atoms with van der Waals surface area (Å²) in [4.78, 5) is 21.5. The first-order valence-corrected chi connectivity index (χ1v) is 11.0. The molecule has 4 aromatic rings. The van der Waals surface area contributed by atoms with Crippen LogP contribution in [0, 0.1) is 4.77 Å². The minimum atomic E-state index is -0.177. The van der Waals surface area contributed by atoms with Crippen molar-refractivity contribution in [3.8, 4) is 22.0 Å². The van der Waals surface area contributed by atoms with E-state index < -0.39 is 0 Å². The van der Waals surface area contributed by atoms with Crippen LogP contribution < -0.4 is 5.32 Å². The normalized spacial score (nSPS) is 12.0. The van der Waals surface area contributed by atoms with Crippen LogP contribution >= 0.6 is 23.6 Å². The van der Waals surface area contributed by atoms with Gasteiger partial charge < -0.3 is 10.3 Å². The molecule has 0 spiro atoms. The summed E-state index contributed by atoms with van der Waals surface area (Å²) in [5.74, 6) is 1.46. The molecule has 0 radical (unpaired) electrons. The first-order valence-electron chi connectivity index (χ1n) is 9.74. The maximum absolute atomic E-state index is 12.6. The smallest absolute Gasteiger partial charge is 0.222 e. The van der Waals surface area contributed by atoms with Crippen molar-refractivity contribution in [3.05, 3.63) is 64.6 Å². The minimum Gasteiger partial charge on any atom is -0.346 e. The van der Waals surface area contributed by atoms with E-state index in [1.54, 1.807) is 17.5 Å². The number of aromatic nitrogens is 5. The van der Waals surface area contributed by atoms with E-state index in [2.05, 4.69) is 25.5 Å². The third-order valence-electron chi connectivity index (χ3n) is 4.82. The van der Waals surface area contributed by atoms with Gasteiger partial charge in [-0.15, -0.1) is 11.3 Å². The van der Waals surface area contributed by atoms with Crippen LogP contribution in [0.15, 0.2) is 54.0 Å². The van der Waals surface area contributed by atoms with Gasteiger partial charge in [-0.3, -0.25) is 14.5 Å². The Labute approximate surface area is 183 Å². The van der Waals surface area contributed by atoms with Crippen molar-refractivity contribution >= 4 is 29.5 Å². The monoisotopic (exact) mass is 438 g/mol. The number of imidazole rings is 1.